The number of carbonyl (C=O) groups is 2. The molecule has 0 atom stereocenters. The molecular formula is C28H27N7O3. The minimum absolute atomic E-state index is 0.160. The highest BCUT2D eigenvalue weighted by molar-refractivity contribution is 6.09. The molecule has 1 saturated carbocycles. The smallest absolute Gasteiger partial charge is 0.274 e. The summed E-state index contributed by atoms with van der Waals surface area (Å²) in [5, 5.41) is 5.44. The number of ether oxygens (including phenoxy) is 1. The molecule has 38 heavy (non-hydrogen) atoms. The number of nitrogens with two attached hydrogens (primary N) is 1. The summed E-state index contributed by atoms with van der Waals surface area (Å²) in [7, 11) is 1.76. The number of hydrogen-bond acceptors (Lipinski definition) is 7. The van der Waals surface area contributed by atoms with E-state index in [9.17, 15) is 9.59 Å². The van der Waals surface area contributed by atoms with Gasteiger partial charge in [-0.05, 0) is 42.2 Å². The van der Waals surface area contributed by atoms with Crippen molar-refractivity contribution < 1.29 is 14.3 Å². The van der Waals surface area contributed by atoms with Gasteiger partial charge in [-0.15, -0.1) is 0 Å². The third-order valence-electron chi connectivity index (χ3n) is 7.72. The standard InChI is InChI=1S/C28H27N7O3/c1-33-8-9-35-25(28(33)37)24(12-31-35)34(27(36)18-5-7-22(30-11-18)17-3-4-17)13-16-2-6-19-20-14-38-15-21(20)26(29)32-23(19)10-16/h2,5-7,10-12,17H,3-4,8-9,13-15H2,1H3,(H2,29,32). The van der Waals surface area contributed by atoms with Gasteiger partial charge in [-0.2, -0.15) is 5.10 Å². The van der Waals surface area contributed by atoms with E-state index in [-0.39, 0.29) is 18.4 Å². The summed E-state index contributed by atoms with van der Waals surface area (Å²) >= 11 is 0. The van der Waals surface area contributed by atoms with Gasteiger partial charge in [0.1, 0.15) is 11.5 Å². The average Bonchev–Trinajstić information content (AvgIpc) is 3.49. The van der Waals surface area contributed by atoms with E-state index in [0.717, 1.165) is 46.1 Å². The van der Waals surface area contributed by atoms with Crippen LogP contribution in [0.1, 0.15) is 62.0 Å². The number of nitrogens with zero attached hydrogens (tertiary/aromatic N) is 6. The topological polar surface area (TPSA) is 119 Å². The van der Waals surface area contributed by atoms with E-state index in [2.05, 4.69) is 15.1 Å². The van der Waals surface area contributed by atoms with Gasteiger partial charge in [0.05, 0.1) is 49.3 Å². The van der Waals surface area contributed by atoms with Crippen LogP contribution >= 0.6 is 0 Å². The molecule has 0 bridgehead atoms. The number of anilines is 2. The lowest BCUT2D eigenvalue weighted by Crippen LogP contribution is -2.39. The van der Waals surface area contributed by atoms with Crippen LogP contribution in [-0.4, -0.2) is 50.1 Å². The summed E-state index contributed by atoms with van der Waals surface area (Å²) in [6, 6.07) is 9.69. The van der Waals surface area contributed by atoms with Crippen LogP contribution < -0.4 is 10.6 Å². The minimum atomic E-state index is -0.244. The van der Waals surface area contributed by atoms with Crippen LogP contribution in [0.25, 0.3) is 10.9 Å². The Bertz CT molecular complexity index is 1610. The largest absolute Gasteiger partial charge is 0.383 e. The molecule has 0 radical (unpaired) electrons. The molecule has 7 rings (SSSR count). The summed E-state index contributed by atoms with van der Waals surface area (Å²) in [6.45, 7) is 2.34. The zero-order valence-corrected chi connectivity index (χ0v) is 21.1. The van der Waals surface area contributed by atoms with Gasteiger partial charge in [-0.3, -0.25) is 19.3 Å². The fourth-order valence-electron chi connectivity index (χ4n) is 5.37. The third-order valence-corrected chi connectivity index (χ3v) is 7.72. The Morgan fingerprint density at radius 3 is 2.76 bits per heavy atom. The van der Waals surface area contributed by atoms with Gasteiger partial charge in [0, 0.05) is 42.4 Å². The van der Waals surface area contributed by atoms with E-state index in [0.29, 0.717) is 55.0 Å². The molecule has 10 nitrogen and oxygen atoms in total. The number of pyridine rings is 2. The Morgan fingerprint density at radius 1 is 1.13 bits per heavy atom. The van der Waals surface area contributed by atoms with Crippen LogP contribution in [0.2, 0.25) is 0 Å². The number of rotatable bonds is 5. The molecular weight excluding hydrogens is 482 g/mol. The zero-order chi connectivity index (χ0) is 26.0. The first-order valence-electron chi connectivity index (χ1n) is 12.8. The maximum atomic E-state index is 14.0. The number of hydrogen-bond donors (Lipinski definition) is 1. The van der Waals surface area contributed by atoms with E-state index in [1.807, 2.05) is 30.3 Å². The second-order valence-corrected chi connectivity index (χ2v) is 10.3. The van der Waals surface area contributed by atoms with Crippen molar-refractivity contribution in [2.45, 2.75) is 45.1 Å². The molecule has 3 aliphatic rings. The minimum Gasteiger partial charge on any atom is -0.383 e. The van der Waals surface area contributed by atoms with Crippen LogP contribution in [0.15, 0.2) is 42.7 Å². The molecule has 4 aromatic rings. The Hall–Kier alpha value is -4.31. The molecule has 1 fully saturated rings. The summed E-state index contributed by atoms with van der Waals surface area (Å²) in [6.07, 6.45) is 5.53. The molecule has 10 heteroatoms. The highest BCUT2D eigenvalue weighted by atomic mass is 16.5. The first-order valence-corrected chi connectivity index (χ1v) is 12.8. The van der Waals surface area contributed by atoms with Gasteiger partial charge in [0.15, 0.2) is 0 Å². The predicted molar refractivity (Wildman–Crippen MR) is 141 cm³/mol. The average molecular weight is 510 g/mol. The van der Waals surface area contributed by atoms with Crippen molar-refractivity contribution in [3.05, 3.63) is 76.4 Å². The molecule has 1 aromatic carbocycles. The molecule has 1 aliphatic carbocycles. The lowest BCUT2D eigenvalue weighted by Gasteiger charge is -2.27. The van der Waals surface area contributed by atoms with Gasteiger partial charge in [0.2, 0.25) is 0 Å². The second-order valence-electron chi connectivity index (χ2n) is 10.3. The van der Waals surface area contributed by atoms with Crippen molar-refractivity contribution in [3.63, 3.8) is 0 Å². The third kappa shape index (κ3) is 3.71. The molecule has 2 N–H and O–H groups in total. The van der Waals surface area contributed by atoms with E-state index < -0.39 is 0 Å². The van der Waals surface area contributed by atoms with Crippen molar-refractivity contribution in [1.29, 1.82) is 0 Å². The van der Waals surface area contributed by atoms with Crippen molar-refractivity contribution in [2.75, 3.05) is 24.2 Å². The van der Waals surface area contributed by atoms with Gasteiger partial charge < -0.3 is 20.3 Å². The van der Waals surface area contributed by atoms with E-state index in [1.54, 1.807) is 33.9 Å². The maximum Gasteiger partial charge on any atom is 0.274 e. The molecule has 0 spiro atoms. The fourth-order valence-corrected chi connectivity index (χ4v) is 5.37. The first kappa shape index (κ1) is 22.9. The van der Waals surface area contributed by atoms with Crippen LogP contribution in [0.3, 0.4) is 0 Å². The second kappa shape index (κ2) is 8.63. The maximum absolute atomic E-state index is 14.0. The lowest BCUT2D eigenvalue weighted by atomic mass is 10.0. The van der Waals surface area contributed by atoms with E-state index >= 15 is 0 Å². The number of likely N-dealkylation sites (N-methyl/N-ethyl adjacent to an activating group) is 1. The number of benzene rings is 1. The molecule has 2 amide bonds. The van der Waals surface area contributed by atoms with Gasteiger partial charge in [0.25, 0.3) is 11.8 Å². The normalized spacial score (nSPS) is 16.6. The summed E-state index contributed by atoms with van der Waals surface area (Å²) in [4.78, 5) is 39.5. The molecule has 5 heterocycles. The van der Waals surface area contributed by atoms with E-state index in [4.69, 9.17) is 10.5 Å². The molecule has 2 aliphatic heterocycles. The molecule has 0 saturated heterocycles. The quantitative estimate of drug-likeness (QED) is 0.439. The number of fused-ring (bicyclic) bond motifs is 4. The first-order chi connectivity index (χ1) is 18.5. The lowest BCUT2D eigenvalue weighted by molar-refractivity contribution is 0.0743. The van der Waals surface area contributed by atoms with Crippen molar-refractivity contribution in [3.8, 4) is 0 Å². The Kier molecular flexibility index (Phi) is 5.19. The molecule has 192 valence electrons. The Labute approximate surface area is 219 Å². The Morgan fingerprint density at radius 2 is 1.97 bits per heavy atom. The van der Waals surface area contributed by atoms with Gasteiger partial charge >= 0.3 is 0 Å². The number of aromatic nitrogens is 4. The van der Waals surface area contributed by atoms with Crippen LogP contribution in [0.5, 0.6) is 0 Å². The number of amides is 2. The number of nitrogen functional groups attached to an aromatic ring is 1. The van der Waals surface area contributed by atoms with Crippen molar-refractivity contribution >= 4 is 34.2 Å². The molecule has 0 unspecified atom stereocenters. The summed E-state index contributed by atoms with van der Waals surface area (Å²) in [5.74, 6) is 0.561. The number of carbonyl (C=O) groups excluding carboxylic acids is 2. The zero-order valence-electron chi connectivity index (χ0n) is 21.1. The van der Waals surface area contributed by atoms with Crippen molar-refractivity contribution in [2.24, 2.45) is 0 Å². The van der Waals surface area contributed by atoms with Crippen LogP contribution in [0, 0.1) is 0 Å². The SMILES string of the molecule is CN1CCn2ncc(N(Cc3ccc4c5c(c(N)nc4c3)COC5)C(=O)c3ccc(C4CC4)nc3)c2C1=O. The summed E-state index contributed by atoms with van der Waals surface area (Å²) < 4.78 is 7.28. The Balaban J connectivity index is 1.29. The molecule has 3 aromatic heterocycles. The van der Waals surface area contributed by atoms with Crippen molar-refractivity contribution in [1.82, 2.24) is 24.6 Å². The summed E-state index contributed by atoms with van der Waals surface area (Å²) in [5.41, 5.74) is 12.2. The monoisotopic (exact) mass is 509 g/mol. The predicted octanol–water partition coefficient (Wildman–Crippen LogP) is 3.25. The van der Waals surface area contributed by atoms with Crippen LogP contribution in [0.4, 0.5) is 11.5 Å². The van der Waals surface area contributed by atoms with Gasteiger partial charge in [-0.1, -0.05) is 12.1 Å². The van der Waals surface area contributed by atoms with E-state index in [1.165, 1.54) is 0 Å². The van der Waals surface area contributed by atoms with Gasteiger partial charge in [-0.25, -0.2) is 4.98 Å². The van der Waals surface area contributed by atoms with Crippen LogP contribution in [-0.2, 0) is 31.0 Å². The fraction of sp³-hybridized carbons (Fsp3) is 0.321. The highest BCUT2D eigenvalue weighted by Gasteiger charge is 2.32. The highest BCUT2D eigenvalue weighted by Crippen LogP contribution is 2.39.